The number of nitrogens with zero attached hydrogens (tertiary/aromatic N) is 2. The normalized spacial score (nSPS) is 21.9. The van der Waals surface area contributed by atoms with Crippen LogP contribution in [0, 0.1) is 5.41 Å². The number of rotatable bonds is 3. The lowest BCUT2D eigenvalue weighted by molar-refractivity contribution is 0.0889. The molecule has 2 heterocycles. The smallest absolute Gasteiger partial charge is 0.226 e. The van der Waals surface area contributed by atoms with Crippen LogP contribution in [0.2, 0.25) is 5.02 Å². The Kier molecular flexibility index (Phi) is 4.26. The van der Waals surface area contributed by atoms with Crippen molar-refractivity contribution in [3.8, 4) is 11.5 Å². The third-order valence-corrected chi connectivity index (χ3v) is 4.67. The molecule has 0 amide bonds. The van der Waals surface area contributed by atoms with Crippen LogP contribution in [-0.2, 0) is 6.54 Å². The molecule has 3 rings (SSSR count). The third kappa shape index (κ3) is 3.35. The number of aromatic nitrogens is 1. The highest BCUT2D eigenvalue weighted by atomic mass is 35.5. The van der Waals surface area contributed by atoms with Crippen LogP contribution in [0.15, 0.2) is 34.9 Å². The predicted molar refractivity (Wildman–Crippen MR) is 88.6 cm³/mol. The van der Waals surface area contributed by atoms with E-state index < -0.39 is 0 Å². The second-order valence-corrected chi connectivity index (χ2v) is 7.18. The SMILES string of the molecule is CC1(C)CN(Cc2coc(-c3ccc(Cl)cc3)n2)CCC1N. The first-order chi connectivity index (χ1) is 10.4. The molecule has 22 heavy (non-hydrogen) atoms. The first kappa shape index (κ1) is 15.5. The molecule has 4 nitrogen and oxygen atoms in total. The van der Waals surface area contributed by atoms with E-state index in [-0.39, 0.29) is 11.5 Å². The fraction of sp³-hybridized carbons (Fsp3) is 0.471. The Bertz CT molecular complexity index is 636. The number of hydrogen-bond donors (Lipinski definition) is 1. The standard InChI is InChI=1S/C17H22ClN3O/c1-17(2)11-21(8-7-15(17)19)9-14-10-22-16(20-14)12-3-5-13(18)6-4-12/h3-6,10,15H,7-9,11,19H2,1-2H3. The molecule has 1 aromatic heterocycles. The first-order valence-corrected chi connectivity index (χ1v) is 8.00. The summed E-state index contributed by atoms with van der Waals surface area (Å²) in [6.07, 6.45) is 2.76. The van der Waals surface area contributed by atoms with Crippen molar-refractivity contribution in [1.82, 2.24) is 9.88 Å². The highest BCUT2D eigenvalue weighted by molar-refractivity contribution is 6.30. The average molecular weight is 320 g/mol. The molecule has 1 saturated heterocycles. The fourth-order valence-electron chi connectivity index (χ4n) is 2.95. The third-order valence-electron chi connectivity index (χ3n) is 4.42. The van der Waals surface area contributed by atoms with Crippen LogP contribution in [0.5, 0.6) is 0 Å². The van der Waals surface area contributed by atoms with Crippen molar-refractivity contribution in [2.75, 3.05) is 13.1 Å². The van der Waals surface area contributed by atoms with E-state index in [0.717, 1.165) is 37.3 Å². The van der Waals surface area contributed by atoms with Crippen molar-refractivity contribution in [3.05, 3.63) is 41.2 Å². The van der Waals surface area contributed by atoms with Gasteiger partial charge in [0, 0.05) is 36.3 Å². The monoisotopic (exact) mass is 319 g/mol. The van der Waals surface area contributed by atoms with Crippen molar-refractivity contribution < 1.29 is 4.42 Å². The number of oxazole rings is 1. The van der Waals surface area contributed by atoms with Gasteiger partial charge in [-0.3, -0.25) is 4.90 Å². The van der Waals surface area contributed by atoms with Crippen LogP contribution >= 0.6 is 11.6 Å². The highest BCUT2D eigenvalue weighted by Gasteiger charge is 2.33. The lowest BCUT2D eigenvalue weighted by Gasteiger charge is -2.42. The lowest BCUT2D eigenvalue weighted by Crippen LogP contribution is -2.52. The van der Waals surface area contributed by atoms with Gasteiger partial charge < -0.3 is 10.2 Å². The largest absolute Gasteiger partial charge is 0.444 e. The van der Waals surface area contributed by atoms with Crippen LogP contribution < -0.4 is 5.73 Å². The van der Waals surface area contributed by atoms with Gasteiger partial charge in [0.05, 0.1) is 5.69 Å². The Morgan fingerprint density at radius 1 is 1.36 bits per heavy atom. The molecule has 1 aromatic carbocycles. The molecule has 2 N–H and O–H groups in total. The summed E-state index contributed by atoms with van der Waals surface area (Å²) in [4.78, 5) is 6.98. The van der Waals surface area contributed by atoms with E-state index in [4.69, 9.17) is 21.8 Å². The molecule has 2 aromatic rings. The van der Waals surface area contributed by atoms with Gasteiger partial charge in [0.15, 0.2) is 0 Å². The van der Waals surface area contributed by atoms with E-state index in [1.54, 1.807) is 6.26 Å². The molecule has 118 valence electrons. The van der Waals surface area contributed by atoms with Gasteiger partial charge in [-0.05, 0) is 36.1 Å². The predicted octanol–water partition coefficient (Wildman–Crippen LogP) is 3.55. The summed E-state index contributed by atoms with van der Waals surface area (Å²) in [5.41, 5.74) is 8.22. The van der Waals surface area contributed by atoms with Crippen LogP contribution in [0.4, 0.5) is 0 Å². The van der Waals surface area contributed by atoms with Crippen molar-refractivity contribution in [2.24, 2.45) is 11.1 Å². The maximum Gasteiger partial charge on any atom is 0.226 e. The molecule has 0 aliphatic carbocycles. The lowest BCUT2D eigenvalue weighted by atomic mass is 9.80. The number of nitrogens with two attached hydrogens (primary N) is 1. The van der Waals surface area contributed by atoms with E-state index in [2.05, 4.69) is 23.7 Å². The Balaban J connectivity index is 1.68. The molecular formula is C17H22ClN3O. The Morgan fingerprint density at radius 2 is 2.09 bits per heavy atom. The van der Waals surface area contributed by atoms with Crippen LogP contribution in [0.25, 0.3) is 11.5 Å². The Morgan fingerprint density at radius 3 is 2.77 bits per heavy atom. The summed E-state index contributed by atoms with van der Waals surface area (Å²) < 4.78 is 5.60. The van der Waals surface area contributed by atoms with Gasteiger partial charge in [-0.15, -0.1) is 0 Å². The molecule has 1 atom stereocenters. The van der Waals surface area contributed by atoms with E-state index in [1.807, 2.05) is 24.3 Å². The number of piperidine rings is 1. The second-order valence-electron chi connectivity index (χ2n) is 6.75. The molecular weight excluding hydrogens is 298 g/mol. The fourth-order valence-corrected chi connectivity index (χ4v) is 3.08. The highest BCUT2D eigenvalue weighted by Crippen LogP contribution is 2.29. The summed E-state index contributed by atoms with van der Waals surface area (Å²) in [7, 11) is 0. The molecule has 5 heteroatoms. The van der Waals surface area contributed by atoms with Gasteiger partial charge in [0.1, 0.15) is 6.26 Å². The zero-order valence-electron chi connectivity index (χ0n) is 13.1. The van der Waals surface area contributed by atoms with Crippen molar-refractivity contribution in [3.63, 3.8) is 0 Å². The number of halogens is 1. The molecule has 1 fully saturated rings. The minimum absolute atomic E-state index is 0.140. The maximum atomic E-state index is 6.19. The van der Waals surface area contributed by atoms with E-state index >= 15 is 0 Å². The molecule has 0 spiro atoms. The Labute approximate surface area is 136 Å². The summed E-state index contributed by atoms with van der Waals surface area (Å²) in [5, 5.41) is 0.711. The van der Waals surface area contributed by atoms with Crippen molar-refractivity contribution in [1.29, 1.82) is 0 Å². The zero-order chi connectivity index (χ0) is 15.7. The topological polar surface area (TPSA) is 55.3 Å². The van der Waals surface area contributed by atoms with Gasteiger partial charge in [-0.25, -0.2) is 4.98 Å². The van der Waals surface area contributed by atoms with Crippen molar-refractivity contribution >= 4 is 11.6 Å². The summed E-state index contributed by atoms with van der Waals surface area (Å²) in [6, 6.07) is 7.79. The van der Waals surface area contributed by atoms with E-state index in [0.29, 0.717) is 10.9 Å². The first-order valence-electron chi connectivity index (χ1n) is 7.62. The number of likely N-dealkylation sites (tertiary alicyclic amines) is 1. The molecule has 1 aliphatic heterocycles. The van der Waals surface area contributed by atoms with E-state index in [9.17, 15) is 0 Å². The van der Waals surface area contributed by atoms with Crippen LogP contribution in [0.3, 0.4) is 0 Å². The minimum atomic E-state index is 0.140. The summed E-state index contributed by atoms with van der Waals surface area (Å²) in [5.74, 6) is 0.639. The molecule has 0 saturated carbocycles. The minimum Gasteiger partial charge on any atom is -0.444 e. The summed E-state index contributed by atoms with van der Waals surface area (Å²) >= 11 is 5.90. The zero-order valence-corrected chi connectivity index (χ0v) is 13.8. The number of benzene rings is 1. The molecule has 0 bridgehead atoms. The van der Waals surface area contributed by atoms with Crippen LogP contribution in [-0.4, -0.2) is 29.0 Å². The Hall–Kier alpha value is -1.36. The molecule has 0 radical (unpaired) electrons. The molecule has 1 unspecified atom stereocenters. The molecule has 1 aliphatic rings. The van der Waals surface area contributed by atoms with Crippen LogP contribution in [0.1, 0.15) is 26.0 Å². The maximum absolute atomic E-state index is 6.19. The average Bonchev–Trinajstić information content (AvgIpc) is 2.92. The van der Waals surface area contributed by atoms with Gasteiger partial charge in [0.2, 0.25) is 5.89 Å². The number of hydrogen-bond acceptors (Lipinski definition) is 4. The second kappa shape index (κ2) is 6.03. The van der Waals surface area contributed by atoms with Gasteiger partial charge in [-0.2, -0.15) is 0 Å². The van der Waals surface area contributed by atoms with Gasteiger partial charge in [0.25, 0.3) is 0 Å². The quantitative estimate of drug-likeness (QED) is 0.940. The van der Waals surface area contributed by atoms with Gasteiger partial charge >= 0.3 is 0 Å². The van der Waals surface area contributed by atoms with Crippen molar-refractivity contribution in [2.45, 2.75) is 32.9 Å². The van der Waals surface area contributed by atoms with Gasteiger partial charge in [-0.1, -0.05) is 25.4 Å². The van der Waals surface area contributed by atoms with E-state index in [1.165, 1.54) is 0 Å². The summed E-state index contributed by atoms with van der Waals surface area (Å²) in [6.45, 7) is 7.25.